The van der Waals surface area contributed by atoms with E-state index in [1.165, 1.54) is 6.42 Å². The molecule has 2 atom stereocenters. The number of likely N-dealkylation sites (tertiary alicyclic amines) is 1. The minimum Gasteiger partial charge on any atom is -0.491 e. The summed E-state index contributed by atoms with van der Waals surface area (Å²) in [6.07, 6.45) is 1.20. The van der Waals surface area contributed by atoms with Gasteiger partial charge in [0.2, 0.25) is 0 Å². The van der Waals surface area contributed by atoms with Crippen molar-refractivity contribution in [2.45, 2.75) is 19.4 Å². The normalized spacial score (nSPS) is 23.1. The van der Waals surface area contributed by atoms with Crippen LogP contribution in [0, 0.1) is 5.92 Å². The predicted octanol–water partition coefficient (Wildman–Crippen LogP) is 2.81. The summed E-state index contributed by atoms with van der Waals surface area (Å²) in [5, 5.41) is 0.673. The standard InChI is InChI=1S/C14H21ClN2O.ClH/c1-11-8-12(9-16)10-17(11)6-7-18-14-5-3-2-4-13(14)15;/h2-5,11-12H,6-10,16H2,1H3;1H. The Labute approximate surface area is 126 Å². The predicted molar refractivity (Wildman–Crippen MR) is 82.4 cm³/mol. The molecular formula is C14H22Cl2N2O. The number of nitrogens with two attached hydrogens (primary N) is 1. The fraction of sp³-hybridized carbons (Fsp3) is 0.571. The van der Waals surface area contributed by atoms with Gasteiger partial charge in [-0.25, -0.2) is 0 Å². The summed E-state index contributed by atoms with van der Waals surface area (Å²) in [7, 11) is 0. The van der Waals surface area contributed by atoms with Gasteiger partial charge in [-0.15, -0.1) is 12.4 Å². The molecule has 2 unspecified atom stereocenters. The molecule has 0 aromatic heterocycles. The van der Waals surface area contributed by atoms with Crippen LogP contribution in [0.2, 0.25) is 5.02 Å². The Morgan fingerprint density at radius 3 is 2.79 bits per heavy atom. The van der Waals surface area contributed by atoms with Crippen LogP contribution in [0.25, 0.3) is 0 Å². The lowest BCUT2D eigenvalue weighted by Crippen LogP contribution is -2.32. The number of ether oxygens (including phenoxy) is 1. The second-order valence-corrected chi connectivity index (χ2v) is 5.37. The van der Waals surface area contributed by atoms with E-state index in [-0.39, 0.29) is 12.4 Å². The average Bonchev–Trinajstić information content (AvgIpc) is 2.73. The molecule has 0 radical (unpaired) electrons. The Bertz CT molecular complexity index is 389. The van der Waals surface area contributed by atoms with E-state index in [9.17, 15) is 0 Å². The summed E-state index contributed by atoms with van der Waals surface area (Å²) in [5.74, 6) is 1.40. The third-order valence-corrected chi connectivity index (χ3v) is 3.91. The third kappa shape index (κ3) is 4.53. The van der Waals surface area contributed by atoms with Crippen LogP contribution < -0.4 is 10.5 Å². The molecule has 0 spiro atoms. The van der Waals surface area contributed by atoms with Gasteiger partial charge in [0.1, 0.15) is 12.4 Å². The van der Waals surface area contributed by atoms with Crippen LogP contribution in [0.4, 0.5) is 0 Å². The van der Waals surface area contributed by atoms with E-state index >= 15 is 0 Å². The molecule has 3 nitrogen and oxygen atoms in total. The van der Waals surface area contributed by atoms with Crippen LogP contribution in [0.15, 0.2) is 24.3 Å². The van der Waals surface area contributed by atoms with Gasteiger partial charge in [0.15, 0.2) is 0 Å². The summed E-state index contributed by atoms with van der Waals surface area (Å²) < 4.78 is 5.71. The molecule has 1 fully saturated rings. The summed E-state index contributed by atoms with van der Waals surface area (Å²) >= 11 is 6.04. The number of nitrogens with zero attached hydrogens (tertiary/aromatic N) is 1. The second kappa shape index (κ2) is 7.95. The second-order valence-electron chi connectivity index (χ2n) is 4.96. The molecule has 0 aliphatic carbocycles. The molecule has 1 aliphatic rings. The van der Waals surface area contributed by atoms with E-state index in [0.29, 0.717) is 23.6 Å². The smallest absolute Gasteiger partial charge is 0.137 e. The van der Waals surface area contributed by atoms with Gasteiger partial charge < -0.3 is 10.5 Å². The minimum atomic E-state index is 0. The Morgan fingerprint density at radius 1 is 1.42 bits per heavy atom. The van der Waals surface area contributed by atoms with E-state index in [4.69, 9.17) is 22.1 Å². The zero-order valence-electron chi connectivity index (χ0n) is 11.2. The van der Waals surface area contributed by atoms with Gasteiger partial charge >= 0.3 is 0 Å². The summed E-state index contributed by atoms with van der Waals surface area (Å²) in [6.45, 7) is 5.73. The van der Waals surface area contributed by atoms with Gasteiger partial charge in [-0.2, -0.15) is 0 Å². The summed E-state index contributed by atoms with van der Waals surface area (Å²) in [6, 6.07) is 8.19. The van der Waals surface area contributed by atoms with Crippen molar-refractivity contribution >= 4 is 24.0 Å². The molecule has 0 saturated carbocycles. The van der Waals surface area contributed by atoms with Crippen LogP contribution in [-0.4, -0.2) is 37.2 Å². The molecular weight excluding hydrogens is 283 g/mol. The first-order chi connectivity index (χ1) is 8.70. The molecule has 19 heavy (non-hydrogen) atoms. The number of hydrogen-bond donors (Lipinski definition) is 1. The van der Waals surface area contributed by atoms with Gasteiger partial charge in [0, 0.05) is 19.1 Å². The lowest BCUT2D eigenvalue weighted by atomic mass is 10.1. The Balaban J connectivity index is 0.00000180. The fourth-order valence-corrected chi connectivity index (χ4v) is 2.72. The van der Waals surface area contributed by atoms with Crippen molar-refractivity contribution in [3.8, 4) is 5.75 Å². The first kappa shape index (κ1) is 16.6. The Hall–Kier alpha value is -0.480. The molecule has 2 N–H and O–H groups in total. The maximum absolute atomic E-state index is 6.04. The summed E-state index contributed by atoms with van der Waals surface area (Å²) in [5.41, 5.74) is 5.72. The van der Waals surface area contributed by atoms with E-state index in [2.05, 4.69) is 11.8 Å². The monoisotopic (exact) mass is 304 g/mol. The topological polar surface area (TPSA) is 38.5 Å². The van der Waals surface area contributed by atoms with Gasteiger partial charge in [-0.3, -0.25) is 4.90 Å². The zero-order valence-corrected chi connectivity index (χ0v) is 12.8. The van der Waals surface area contributed by atoms with E-state index in [0.717, 1.165) is 25.4 Å². The molecule has 108 valence electrons. The number of benzene rings is 1. The largest absolute Gasteiger partial charge is 0.491 e. The molecule has 0 bridgehead atoms. The highest BCUT2D eigenvalue weighted by Crippen LogP contribution is 2.24. The molecule has 1 saturated heterocycles. The van der Waals surface area contributed by atoms with Gasteiger partial charge in [-0.05, 0) is 37.9 Å². The van der Waals surface area contributed by atoms with Crippen molar-refractivity contribution in [1.82, 2.24) is 4.90 Å². The lowest BCUT2D eigenvalue weighted by Gasteiger charge is -2.21. The first-order valence-electron chi connectivity index (χ1n) is 6.52. The summed E-state index contributed by atoms with van der Waals surface area (Å²) in [4.78, 5) is 2.44. The Morgan fingerprint density at radius 2 is 2.16 bits per heavy atom. The van der Waals surface area contributed by atoms with Crippen molar-refractivity contribution < 1.29 is 4.74 Å². The molecule has 5 heteroatoms. The SMILES string of the molecule is CC1CC(CN)CN1CCOc1ccccc1Cl.Cl. The number of rotatable bonds is 5. The quantitative estimate of drug-likeness (QED) is 0.909. The highest BCUT2D eigenvalue weighted by molar-refractivity contribution is 6.32. The number of hydrogen-bond acceptors (Lipinski definition) is 3. The van der Waals surface area contributed by atoms with Crippen molar-refractivity contribution in [2.24, 2.45) is 11.7 Å². The number of halogens is 2. The highest BCUT2D eigenvalue weighted by Gasteiger charge is 2.27. The van der Waals surface area contributed by atoms with Gasteiger partial charge in [0.25, 0.3) is 0 Å². The Kier molecular flexibility index (Phi) is 6.94. The molecule has 1 aromatic carbocycles. The van der Waals surface area contributed by atoms with Gasteiger partial charge in [-0.1, -0.05) is 23.7 Å². The fourth-order valence-electron chi connectivity index (χ4n) is 2.53. The van der Waals surface area contributed by atoms with E-state index in [1.54, 1.807) is 0 Å². The first-order valence-corrected chi connectivity index (χ1v) is 6.90. The van der Waals surface area contributed by atoms with Crippen molar-refractivity contribution in [1.29, 1.82) is 0 Å². The maximum atomic E-state index is 6.04. The molecule has 2 rings (SSSR count). The van der Waals surface area contributed by atoms with Crippen molar-refractivity contribution in [3.05, 3.63) is 29.3 Å². The third-order valence-electron chi connectivity index (χ3n) is 3.60. The van der Waals surface area contributed by atoms with Gasteiger partial charge in [0.05, 0.1) is 5.02 Å². The van der Waals surface area contributed by atoms with Crippen LogP contribution in [-0.2, 0) is 0 Å². The van der Waals surface area contributed by atoms with Crippen LogP contribution in [0.5, 0.6) is 5.75 Å². The number of para-hydroxylation sites is 1. The van der Waals surface area contributed by atoms with Crippen LogP contribution in [0.3, 0.4) is 0 Å². The van der Waals surface area contributed by atoms with E-state index in [1.807, 2.05) is 24.3 Å². The van der Waals surface area contributed by atoms with E-state index < -0.39 is 0 Å². The van der Waals surface area contributed by atoms with Crippen LogP contribution >= 0.6 is 24.0 Å². The molecule has 1 aromatic rings. The lowest BCUT2D eigenvalue weighted by molar-refractivity contribution is 0.202. The minimum absolute atomic E-state index is 0. The maximum Gasteiger partial charge on any atom is 0.137 e. The van der Waals surface area contributed by atoms with Crippen molar-refractivity contribution in [2.75, 3.05) is 26.2 Å². The highest BCUT2D eigenvalue weighted by atomic mass is 35.5. The average molecular weight is 305 g/mol. The molecule has 1 heterocycles. The zero-order chi connectivity index (χ0) is 13.0. The van der Waals surface area contributed by atoms with Crippen LogP contribution in [0.1, 0.15) is 13.3 Å². The van der Waals surface area contributed by atoms with Crippen molar-refractivity contribution in [3.63, 3.8) is 0 Å². The molecule has 1 aliphatic heterocycles. The molecule has 0 amide bonds.